The third-order valence-electron chi connectivity index (χ3n) is 5.18. The van der Waals surface area contributed by atoms with Crippen molar-refractivity contribution in [3.05, 3.63) is 99.9 Å². The summed E-state index contributed by atoms with van der Waals surface area (Å²) in [7, 11) is 4.12. The summed E-state index contributed by atoms with van der Waals surface area (Å²) < 4.78 is 0. The standard InChI is InChI=1S/C26H24N2S/c1-28(2)24-12-7-18(8-13-24)26(19-9-14-25(29-3)15-10-19)22-5-4-21-17-23(27)11-6-20(21)16-22/h4-17,27H,1-3H3/b26-22+,27-23?. The summed E-state index contributed by atoms with van der Waals surface area (Å²) in [4.78, 5) is 3.38. The molecule has 0 heterocycles. The Morgan fingerprint density at radius 3 is 2.10 bits per heavy atom. The number of benzene rings is 3. The minimum Gasteiger partial charge on any atom is -0.378 e. The van der Waals surface area contributed by atoms with Crippen LogP contribution in [0.5, 0.6) is 0 Å². The van der Waals surface area contributed by atoms with E-state index >= 15 is 0 Å². The molecule has 29 heavy (non-hydrogen) atoms. The van der Waals surface area contributed by atoms with E-state index in [-0.39, 0.29) is 0 Å². The minimum absolute atomic E-state index is 0.543. The van der Waals surface area contributed by atoms with Gasteiger partial charge in [0.15, 0.2) is 0 Å². The second kappa shape index (κ2) is 8.14. The summed E-state index contributed by atoms with van der Waals surface area (Å²) in [5.74, 6) is 0. The zero-order valence-electron chi connectivity index (χ0n) is 16.9. The highest BCUT2D eigenvalue weighted by Crippen LogP contribution is 2.25. The monoisotopic (exact) mass is 396 g/mol. The third kappa shape index (κ3) is 4.06. The molecule has 1 aliphatic rings. The van der Waals surface area contributed by atoms with Crippen molar-refractivity contribution in [1.29, 1.82) is 5.41 Å². The van der Waals surface area contributed by atoms with Gasteiger partial charge in [0.05, 0.1) is 5.71 Å². The zero-order chi connectivity index (χ0) is 20.4. The molecule has 0 spiro atoms. The summed E-state index contributed by atoms with van der Waals surface area (Å²) in [6.45, 7) is 0. The second-order valence-corrected chi connectivity index (χ2v) is 8.20. The topological polar surface area (TPSA) is 27.1 Å². The number of allylic oxidation sites excluding steroid dienone is 1. The van der Waals surface area contributed by atoms with Crippen LogP contribution in [0.4, 0.5) is 5.69 Å². The Bertz CT molecular complexity index is 1200. The fraction of sp³-hybridized carbons (Fsp3) is 0.115. The fourth-order valence-electron chi connectivity index (χ4n) is 3.59. The minimum atomic E-state index is 0.543. The first kappa shape index (κ1) is 19.3. The van der Waals surface area contributed by atoms with Crippen molar-refractivity contribution in [2.24, 2.45) is 0 Å². The first-order valence-corrected chi connectivity index (χ1v) is 10.8. The van der Waals surface area contributed by atoms with Crippen molar-refractivity contribution >= 4 is 40.9 Å². The van der Waals surface area contributed by atoms with E-state index in [9.17, 15) is 0 Å². The molecule has 0 amide bonds. The lowest BCUT2D eigenvalue weighted by Gasteiger charge is -2.15. The van der Waals surface area contributed by atoms with Crippen molar-refractivity contribution in [3.8, 4) is 0 Å². The van der Waals surface area contributed by atoms with Gasteiger partial charge in [-0.3, -0.25) is 0 Å². The normalized spacial score (nSPS) is 13.6. The van der Waals surface area contributed by atoms with E-state index < -0.39 is 0 Å². The van der Waals surface area contributed by atoms with Crippen molar-refractivity contribution in [2.45, 2.75) is 4.90 Å². The highest BCUT2D eigenvalue weighted by Gasteiger charge is 2.09. The quantitative estimate of drug-likeness (QED) is 0.655. The van der Waals surface area contributed by atoms with Crippen molar-refractivity contribution in [2.75, 3.05) is 25.3 Å². The Hall–Kier alpha value is -3.04. The Morgan fingerprint density at radius 1 is 0.828 bits per heavy atom. The fourth-order valence-corrected chi connectivity index (χ4v) is 3.99. The Balaban J connectivity index is 1.95. The highest BCUT2D eigenvalue weighted by molar-refractivity contribution is 7.98. The van der Waals surface area contributed by atoms with Gasteiger partial charge in [0.25, 0.3) is 0 Å². The van der Waals surface area contributed by atoms with Gasteiger partial charge in [-0.25, -0.2) is 0 Å². The Labute approximate surface area is 176 Å². The molecule has 1 aliphatic carbocycles. The molecule has 2 nitrogen and oxygen atoms in total. The maximum absolute atomic E-state index is 7.87. The van der Waals surface area contributed by atoms with Gasteiger partial charge in [0.1, 0.15) is 0 Å². The number of nitrogens with one attached hydrogen (secondary N) is 1. The molecule has 1 N–H and O–H groups in total. The highest BCUT2D eigenvalue weighted by atomic mass is 32.2. The van der Waals surface area contributed by atoms with Gasteiger partial charge < -0.3 is 10.3 Å². The number of hydrogen-bond acceptors (Lipinski definition) is 3. The predicted molar refractivity (Wildman–Crippen MR) is 128 cm³/mol. The smallest absolute Gasteiger partial charge is 0.0546 e. The van der Waals surface area contributed by atoms with Gasteiger partial charge in [-0.05, 0) is 81.4 Å². The number of rotatable bonds is 4. The van der Waals surface area contributed by atoms with Crippen molar-refractivity contribution in [3.63, 3.8) is 0 Å². The SMILES string of the molecule is CSc1ccc(/C(c2ccc(N(C)C)cc2)=c2\ccc3c(c2)C=CC(=N)C=3)cc1. The van der Waals surface area contributed by atoms with E-state index in [0.717, 1.165) is 10.8 Å². The van der Waals surface area contributed by atoms with Crippen LogP contribution in [0.2, 0.25) is 0 Å². The molecule has 0 saturated carbocycles. The molecule has 3 heteroatoms. The van der Waals surface area contributed by atoms with Crippen LogP contribution >= 0.6 is 11.8 Å². The van der Waals surface area contributed by atoms with Gasteiger partial charge in [-0.1, -0.05) is 42.5 Å². The number of hydrogen-bond donors (Lipinski definition) is 1. The lowest BCUT2D eigenvalue weighted by Crippen LogP contribution is -2.18. The first-order chi connectivity index (χ1) is 14.0. The molecule has 0 unspecified atom stereocenters. The molecular weight excluding hydrogens is 372 g/mol. The van der Waals surface area contributed by atoms with Gasteiger partial charge in [-0.2, -0.15) is 0 Å². The van der Waals surface area contributed by atoms with Crippen molar-refractivity contribution < 1.29 is 0 Å². The maximum atomic E-state index is 7.87. The van der Waals surface area contributed by atoms with Gasteiger partial charge in [-0.15, -0.1) is 11.8 Å². The average Bonchev–Trinajstić information content (AvgIpc) is 2.75. The maximum Gasteiger partial charge on any atom is 0.0546 e. The van der Waals surface area contributed by atoms with Crippen LogP contribution < -0.4 is 15.3 Å². The van der Waals surface area contributed by atoms with E-state index in [4.69, 9.17) is 5.41 Å². The second-order valence-electron chi connectivity index (χ2n) is 7.32. The first-order valence-electron chi connectivity index (χ1n) is 9.60. The molecule has 144 valence electrons. The summed E-state index contributed by atoms with van der Waals surface area (Å²) in [5.41, 5.74) is 6.51. The molecule has 4 rings (SSSR count). The van der Waals surface area contributed by atoms with Gasteiger partial charge in [0, 0.05) is 24.7 Å². The number of thioether (sulfide) groups is 1. The molecule has 0 radical (unpaired) electrons. The lowest BCUT2D eigenvalue weighted by molar-refractivity contribution is 1.13. The summed E-state index contributed by atoms with van der Waals surface area (Å²) in [6.07, 6.45) is 7.90. The van der Waals surface area contributed by atoms with Crippen LogP contribution in [-0.4, -0.2) is 26.1 Å². The lowest BCUT2D eigenvalue weighted by atomic mass is 9.93. The van der Waals surface area contributed by atoms with E-state index in [1.54, 1.807) is 11.8 Å². The molecule has 0 atom stereocenters. The van der Waals surface area contributed by atoms with E-state index in [1.165, 1.54) is 32.5 Å². The van der Waals surface area contributed by atoms with E-state index in [1.807, 2.05) is 18.2 Å². The van der Waals surface area contributed by atoms with Crippen LogP contribution in [0.3, 0.4) is 0 Å². The van der Waals surface area contributed by atoms with Gasteiger partial charge >= 0.3 is 0 Å². The van der Waals surface area contributed by atoms with Crippen LogP contribution in [0.25, 0.3) is 17.7 Å². The van der Waals surface area contributed by atoms with Crippen molar-refractivity contribution in [1.82, 2.24) is 0 Å². The Morgan fingerprint density at radius 2 is 1.48 bits per heavy atom. The van der Waals surface area contributed by atoms with Crippen LogP contribution in [-0.2, 0) is 0 Å². The van der Waals surface area contributed by atoms with Crippen LogP contribution in [0, 0.1) is 5.41 Å². The predicted octanol–water partition coefficient (Wildman–Crippen LogP) is 4.55. The molecule has 3 aromatic rings. The number of fused-ring (bicyclic) bond motifs is 1. The molecule has 0 aromatic heterocycles. The molecule has 3 aromatic carbocycles. The van der Waals surface area contributed by atoms with Crippen LogP contribution in [0.1, 0.15) is 16.7 Å². The molecular formula is C26H24N2S. The molecule has 0 saturated heterocycles. The third-order valence-corrected chi connectivity index (χ3v) is 5.92. The zero-order valence-corrected chi connectivity index (χ0v) is 17.8. The number of anilines is 1. The molecule has 0 aliphatic heterocycles. The van der Waals surface area contributed by atoms with Crippen LogP contribution in [0.15, 0.2) is 77.7 Å². The average molecular weight is 397 g/mol. The summed E-state index contributed by atoms with van der Waals surface area (Å²) in [5, 5.41) is 10.1. The largest absolute Gasteiger partial charge is 0.378 e. The molecule has 0 fully saturated rings. The van der Waals surface area contributed by atoms with Gasteiger partial charge in [0.2, 0.25) is 0 Å². The summed E-state index contributed by atoms with van der Waals surface area (Å²) >= 11 is 1.76. The summed E-state index contributed by atoms with van der Waals surface area (Å²) in [6, 6.07) is 24.0. The van der Waals surface area contributed by atoms with E-state index in [2.05, 4.69) is 92.0 Å². The molecule has 0 bridgehead atoms. The van der Waals surface area contributed by atoms with E-state index in [0.29, 0.717) is 5.71 Å². The number of nitrogens with zero attached hydrogens (tertiary/aromatic N) is 1. The Kier molecular flexibility index (Phi) is 5.41.